The van der Waals surface area contributed by atoms with Crippen LogP contribution in [-0.2, 0) is 5.75 Å². The third kappa shape index (κ3) is 4.70. The molecule has 2 aromatic rings. The molecule has 20 heavy (non-hydrogen) atoms. The molecule has 0 bridgehead atoms. The second-order valence-electron chi connectivity index (χ2n) is 4.21. The molecule has 2 rings (SSSR count). The molecule has 0 saturated heterocycles. The average Bonchev–Trinajstić information content (AvgIpc) is 2.93. The minimum atomic E-state index is -0.181. The molecule has 2 N–H and O–H groups in total. The summed E-state index contributed by atoms with van der Waals surface area (Å²) in [5.74, 6) is 2.26. The lowest BCUT2D eigenvalue weighted by Gasteiger charge is -2.04. The second kappa shape index (κ2) is 7.93. The monoisotopic (exact) mass is 329 g/mol. The van der Waals surface area contributed by atoms with Crippen LogP contribution in [0.15, 0.2) is 33.9 Å². The van der Waals surface area contributed by atoms with E-state index in [4.69, 9.17) is 21.8 Å². The topological polar surface area (TPSA) is 64.9 Å². The molecule has 0 aliphatic heterocycles. The Labute approximate surface area is 131 Å². The highest BCUT2D eigenvalue weighted by molar-refractivity contribution is 7.98. The maximum Gasteiger partial charge on any atom is 0.276 e. The maximum atomic E-state index is 5.98. The molecule has 4 nitrogen and oxygen atoms in total. The van der Waals surface area contributed by atoms with Crippen LogP contribution in [0.25, 0.3) is 0 Å². The highest BCUT2D eigenvalue weighted by Crippen LogP contribution is 2.24. The standard InChI is InChI=1S/C13H16ClN3OS2/c1-19-7-6-11(15)12-16-17-13(18-12)20-8-9-2-4-10(14)5-3-9/h2-5,11H,6-8,15H2,1H3/t11-/m1/s1. The Hall–Kier alpha value is -0.690. The summed E-state index contributed by atoms with van der Waals surface area (Å²) in [6.07, 6.45) is 2.89. The molecule has 0 amide bonds. The Bertz CT molecular complexity index is 533. The minimum Gasteiger partial charge on any atom is -0.414 e. The zero-order chi connectivity index (χ0) is 14.4. The Kier molecular flexibility index (Phi) is 6.22. The van der Waals surface area contributed by atoms with E-state index in [0.29, 0.717) is 11.1 Å². The van der Waals surface area contributed by atoms with Crippen LogP contribution in [-0.4, -0.2) is 22.2 Å². The van der Waals surface area contributed by atoms with Crippen molar-refractivity contribution in [1.29, 1.82) is 0 Å². The summed E-state index contributed by atoms with van der Waals surface area (Å²) in [7, 11) is 0. The van der Waals surface area contributed by atoms with Crippen LogP contribution < -0.4 is 5.73 Å². The number of thioether (sulfide) groups is 2. The van der Waals surface area contributed by atoms with Gasteiger partial charge in [0.05, 0.1) is 6.04 Å². The molecular formula is C13H16ClN3OS2. The Balaban J connectivity index is 1.87. The van der Waals surface area contributed by atoms with Gasteiger partial charge in [0.15, 0.2) is 0 Å². The first-order chi connectivity index (χ1) is 9.69. The number of halogens is 1. The van der Waals surface area contributed by atoms with Gasteiger partial charge in [0.1, 0.15) is 0 Å². The van der Waals surface area contributed by atoms with Crippen LogP contribution in [0.2, 0.25) is 5.02 Å². The van der Waals surface area contributed by atoms with Gasteiger partial charge in [-0.2, -0.15) is 11.8 Å². The van der Waals surface area contributed by atoms with Crippen LogP contribution in [0.3, 0.4) is 0 Å². The second-order valence-corrected chi connectivity index (χ2v) is 6.56. The molecule has 0 aliphatic rings. The molecule has 0 saturated carbocycles. The van der Waals surface area contributed by atoms with E-state index in [1.54, 1.807) is 11.8 Å². The van der Waals surface area contributed by atoms with Crippen molar-refractivity contribution in [2.75, 3.05) is 12.0 Å². The third-order valence-corrected chi connectivity index (χ3v) is 4.43. The maximum absolute atomic E-state index is 5.98. The van der Waals surface area contributed by atoms with E-state index in [2.05, 4.69) is 10.2 Å². The quantitative estimate of drug-likeness (QED) is 0.780. The fourth-order valence-corrected chi connectivity index (χ4v) is 2.86. The van der Waals surface area contributed by atoms with Crippen LogP contribution in [0, 0.1) is 0 Å². The summed E-state index contributed by atoms with van der Waals surface area (Å²) in [6.45, 7) is 0. The van der Waals surface area contributed by atoms with Crippen molar-refractivity contribution in [2.24, 2.45) is 5.73 Å². The Morgan fingerprint density at radius 3 is 2.75 bits per heavy atom. The number of aromatic nitrogens is 2. The predicted molar refractivity (Wildman–Crippen MR) is 85.2 cm³/mol. The molecule has 0 aliphatic carbocycles. The molecule has 1 aromatic heterocycles. The normalized spacial score (nSPS) is 12.6. The van der Waals surface area contributed by atoms with Crippen LogP contribution in [0.4, 0.5) is 0 Å². The summed E-state index contributed by atoms with van der Waals surface area (Å²) >= 11 is 9.10. The van der Waals surface area contributed by atoms with Gasteiger partial charge in [-0.25, -0.2) is 0 Å². The fraction of sp³-hybridized carbons (Fsp3) is 0.385. The molecule has 7 heteroatoms. The van der Waals surface area contributed by atoms with Crippen LogP contribution in [0.1, 0.15) is 23.9 Å². The van der Waals surface area contributed by atoms with Crippen molar-refractivity contribution in [2.45, 2.75) is 23.4 Å². The third-order valence-electron chi connectivity index (χ3n) is 2.65. The van der Waals surface area contributed by atoms with Crippen molar-refractivity contribution in [1.82, 2.24) is 10.2 Å². The first-order valence-corrected chi connectivity index (χ1v) is 8.90. The van der Waals surface area contributed by atoms with Crippen LogP contribution >= 0.6 is 35.1 Å². The summed E-state index contributed by atoms with van der Waals surface area (Å²) in [5, 5.41) is 9.30. The lowest BCUT2D eigenvalue weighted by Crippen LogP contribution is -2.11. The van der Waals surface area contributed by atoms with Gasteiger partial charge in [-0.05, 0) is 36.1 Å². The van der Waals surface area contributed by atoms with E-state index in [1.807, 2.05) is 30.5 Å². The number of rotatable bonds is 7. The number of hydrogen-bond acceptors (Lipinski definition) is 6. The van der Waals surface area contributed by atoms with E-state index in [9.17, 15) is 0 Å². The first-order valence-electron chi connectivity index (χ1n) is 6.14. The number of nitrogens with zero attached hydrogens (tertiary/aromatic N) is 2. The Morgan fingerprint density at radius 1 is 1.30 bits per heavy atom. The number of nitrogens with two attached hydrogens (primary N) is 1. The largest absolute Gasteiger partial charge is 0.414 e. The molecule has 0 radical (unpaired) electrons. The van der Waals surface area contributed by atoms with Gasteiger partial charge in [-0.1, -0.05) is 35.5 Å². The van der Waals surface area contributed by atoms with Gasteiger partial charge in [0.2, 0.25) is 5.89 Å². The average molecular weight is 330 g/mol. The van der Waals surface area contributed by atoms with Crippen molar-refractivity contribution >= 4 is 35.1 Å². The number of benzene rings is 1. The van der Waals surface area contributed by atoms with E-state index in [1.165, 1.54) is 11.8 Å². The van der Waals surface area contributed by atoms with Crippen molar-refractivity contribution in [3.8, 4) is 0 Å². The molecule has 1 atom stereocenters. The van der Waals surface area contributed by atoms with Gasteiger partial charge >= 0.3 is 0 Å². The molecule has 0 fully saturated rings. The summed E-state index contributed by atoms with van der Waals surface area (Å²) in [5.41, 5.74) is 7.14. The van der Waals surface area contributed by atoms with Crippen molar-refractivity contribution in [3.63, 3.8) is 0 Å². The molecule has 108 valence electrons. The van der Waals surface area contributed by atoms with Gasteiger partial charge in [0, 0.05) is 10.8 Å². The smallest absolute Gasteiger partial charge is 0.276 e. The molecule has 1 aromatic carbocycles. The first kappa shape index (κ1) is 15.7. The SMILES string of the molecule is CSCC[C@@H](N)c1nnc(SCc2ccc(Cl)cc2)o1. The highest BCUT2D eigenvalue weighted by Gasteiger charge is 2.14. The molecule has 0 spiro atoms. The highest BCUT2D eigenvalue weighted by atomic mass is 35.5. The summed E-state index contributed by atoms with van der Waals surface area (Å²) in [6, 6.07) is 7.53. The van der Waals surface area contributed by atoms with E-state index in [0.717, 1.165) is 28.5 Å². The molecular weight excluding hydrogens is 314 g/mol. The van der Waals surface area contributed by atoms with Gasteiger partial charge in [-0.15, -0.1) is 10.2 Å². The number of hydrogen-bond donors (Lipinski definition) is 1. The molecule has 0 unspecified atom stereocenters. The van der Waals surface area contributed by atoms with Crippen molar-refractivity contribution in [3.05, 3.63) is 40.7 Å². The van der Waals surface area contributed by atoms with Gasteiger partial charge in [-0.3, -0.25) is 0 Å². The van der Waals surface area contributed by atoms with Gasteiger partial charge < -0.3 is 10.2 Å². The van der Waals surface area contributed by atoms with E-state index >= 15 is 0 Å². The zero-order valence-electron chi connectivity index (χ0n) is 11.1. The zero-order valence-corrected chi connectivity index (χ0v) is 13.5. The lowest BCUT2D eigenvalue weighted by atomic mass is 10.2. The summed E-state index contributed by atoms with van der Waals surface area (Å²) < 4.78 is 5.57. The lowest BCUT2D eigenvalue weighted by molar-refractivity contribution is 0.383. The van der Waals surface area contributed by atoms with E-state index in [-0.39, 0.29) is 6.04 Å². The molecule has 1 heterocycles. The van der Waals surface area contributed by atoms with Crippen molar-refractivity contribution < 1.29 is 4.42 Å². The minimum absolute atomic E-state index is 0.181. The summed E-state index contributed by atoms with van der Waals surface area (Å²) in [4.78, 5) is 0. The van der Waals surface area contributed by atoms with Crippen LogP contribution in [0.5, 0.6) is 0 Å². The van der Waals surface area contributed by atoms with Gasteiger partial charge in [0.25, 0.3) is 5.22 Å². The predicted octanol–water partition coefficient (Wildman–Crippen LogP) is 3.77. The van der Waals surface area contributed by atoms with E-state index < -0.39 is 0 Å². The fourth-order valence-electron chi connectivity index (χ4n) is 1.52. The Morgan fingerprint density at radius 2 is 2.05 bits per heavy atom.